The van der Waals surface area contributed by atoms with Crippen LogP contribution in [0.25, 0.3) is 11.0 Å². The van der Waals surface area contributed by atoms with Gasteiger partial charge in [0.05, 0.1) is 12.0 Å². The molecule has 1 aliphatic rings. The first-order valence-electron chi connectivity index (χ1n) is 15.2. The number of carbonyl (C=O) groups is 2. The molecule has 242 valence electrons. The maximum atomic E-state index is 13.3. The van der Waals surface area contributed by atoms with E-state index in [1.165, 1.54) is 6.42 Å². The Morgan fingerprint density at radius 3 is 2.45 bits per heavy atom. The quantitative estimate of drug-likeness (QED) is 0.196. The van der Waals surface area contributed by atoms with Crippen LogP contribution < -0.4 is 15.4 Å². The summed E-state index contributed by atoms with van der Waals surface area (Å²) in [5.41, 5.74) is 0.995. The lowest BCUT2D eigenvalue weighted by Crippen LogP contribution is -2.51. The molecule has 0 spiro atoms. The number of aromatic nitrogens is 2. The Balaban J connectivity index is 1.44. The summed E-state index contributed by atoms with van der Waals surface area (Å²) >= 11 is 3.67. The third kappa shape index (κ3) is 10.4. The Bertz CT molecular complexity index is 1410. The molecule has 2 N–H and O–H groups in total. The Kier molecular flexibility index (Phi) is 11.6. The van der Waals surface area contributed by atoms with E-state index in [9.17, 15) is 9.59 Å². The summed E-state index contributed by atoms with van der Waals surface area (Å²) in [4.78, 5) is 30.5. The Labute approximate surface area is 271 Å². The fourth-order valence-corrected chi connectivity index (χ4v) is 6.30. The lowest BCUT2D eigenvalue weighted by Gasteiger charge is -2.27. The predicted octanol–water partition coefficient (Wildman–Crippen LogP) is 7.14. The van der Waals surface area contributed by atoms with Gasteiger partial charge in [-0.3, -0.25) is 4.79 Å². The number of nitrogens with zero attached hydrogens (tertiary/aromatic N) is 2. The van der Waals surface area contributed by atoms with Crippen molar-refractivity contribution in [1.29, 1.82) is 0 Å². The molecule has 4 rings (SSSR count). The maximum Gasteiger partial charge on any atom is 0.408 e. The minimum absolute atomic E-state index is 0.136. The zero-order valence-electron chi connectivity index (χ0n) is 26.8. The number of ether oxygens (including phenoxy) is 3. The van der Waals surface area contributed by atoms with Gasteiger partial charge in [-0.25, -0.2) is 19.8 Å². The molecule has 2 aromatic heterocycles. The maximum absolute atomic E-state index is 13.3. The van der Waals surface area contributed by atoms with Crippen molar-refractivity contribution >= 4 is 49.0 Å². The Morgan fingerprint density at radius 2 is 1.80 bits per heavy atom. The first-order chi connectivity index (χ1) is 20.8. The molecule has 0 radical (unpaired) electrons. The average molecular weight is 692 g/mol. The van der Waals surface area contributed by atoms with Crippen LogP contribution >= 0.6 is 26.0 Å². The van der Waals surface area contributed by atoms with Crippen molar-refractivity contribution in [1.82, 2.24) is 20.2 Å². The highest BCUT2D eigenvalue weighted by molar-refractivity contribution is 9.10. The number of amides is 2. The van der Waals surface area contributed by atoms with Gasteiger partial charge in [0.1, 0.15) is 35.5 Å². The molecule has 1 saturated carbocycles. The first-order valence-corrected chi connectivity index (χ1v) is 19.0. The molecule has 11 heteroatoms. The normalized spacial score (nSPS) is 15.5. The van der Waals surface area contributed by atoms with Gasteiger partial charge in [0.15, 0.2) is 0 Å². The molecule has 0 saturated heterocycles. The molecular formula is C33H47BrN4O5S. The number of carbonyl (C=O) groups excluding carboxylic acids is 2. The Hall–Kier alpha value is -2.76. The third-order valence-corrected chi connectivity index (χ3v) is 9.29. The van der Waals surface area contributed by atoms with Gasteiger partial charge in [-0.15, -0.1) is 0 Å². The number of hydrogen-bond donors (Lipinski definition) is 2. The minimum atomic E-state index is -0.763. The van der Waals surface area contributed by atoms with Crippen molar-refractivity contribution in [3.05, 3.63) is 52.8 Å². The summed E-state index contributed by atoms with van der Waals surface area (Å²) < 4.78 is 20.5. The smallest absolute Gasteiger partial charge is 0.408 e. The van der Waals surface area contributed by atoms with Gasteiger partial charge in [-0.1, -0.05) is 31.4 Å². The molecule has 44 heavy (non-hydrogen) atoms. The van der Waals surface area contributed by atoms with E-state index >= 15 is 0 Å². The van der Waals surface area contributed by atoms with Crippen LogP contribution in [-0.4, -0.2) is 70.4 Å². The van der Waals surface area contributed by atoms with Crippen molar-refractivity contribution in [2.45, 2.75) is 83.7 Å². The molecule has 2 heterocycles. The van der Waals surface area contributed by atoms with Crippen molar-refractivity contribution in [3.63, 3.8) is 0 Å². The van der Waals surface area contributed by atoms with Crippen LogP contribution in [0, 0.1) is 0 Å². The number of alkyl carbamates (subject to hydrolysis) is 1. The molecule has 9 nitrogen and oxygen atoms in total. The van der Waals surface area contributed by atoms with Gasteiger partial charge in [-0.05, 0) is 92.1 Å². The van der Waals surface area contributed by atoms with E-state index in [4.69, 9.17) is 14.2 Å². The van der Waals surface area contributed by atoms with E-state index in [1.54, 1.807) is 27.0 Å². The van der Waals surface area contributed by atoms with Gasteiger partial charge >= 0.3 is 6.09 Å². The van der Waals surface area contributed by atoms with E-state index in [1.807, 2.05) is 41.1 Å². The second kappa shape index (κ2) is 15.0. The lowest BCUT2D eigenvalue weighted by molar-refractivity contribution is -0.124. The minimum Gasteiger partial charge on any atom is -0.457 e. The van der Waals surface area contributed by atoms with Gasteiger partial charge in [0.2, 0.25) is 5.91 Å². The standard InChI is InChI=1S/C33H47BrN4O5S/c1-33(2,3)43-32(40)37-27(31(39)36-24-10-8-7-9-11-24)20-23-12-14-25(15-13-23)42-28-16-17-35-30-29(28)26(34)21-38(30)22-41-18-19-44(4,5)6/h12-17,21,24,27H,7-11,18-20,22H2,1-6H3,(H,36,39)(H,37,40)/t27-/m0/s1. The number of benzene rings is 1. The van der Waals surface area contributed by atoms with Crippen LogP contribution in [0.1, 0.15) is 58.4 Å². The number of halogens is 1. The highest BCUT2D eigenvalue weighted by atomic mass is 79.9. The van der Waals surface area contributed by atoms with Crippen LogP contribution in [0.15, 0.2) is 47.2 Å². The van der Waals surface area contributed by atoms with Gasteiger partial charge in [0.25, 0.3) is 0 Å². The molecular weight excluding hydrogens is 644 g/mol. The van der Waals surface area contributed by atoms with Gasteiger partial charge in [-0.2, -0.15) is 0 Å². The largest absolute Gasteiger partial charge is 0.457 e. The number of fused-ring (bicyclic) bond motifs is 1. The van der Waals surface area contributed by atoms with Crippen LogP contribution in [0.2, 0.25) is 0 Å². The van der Waals surface area contributed by atoms with Crippen molar-refractivity contribution in [3.8, 4) is 11.5 Å². The molecule has 2 amide bonds. The summed E-state index contributed by atoms with van der Waals surface area (Å²) in [5, 5.41) is 6.80. The number of nitrogens with one attached hydrogen (secondary N) is 2. The zero-order chi connectivity index (χ0) is 31.9. The van der Waals surface area contributed by atoms with E-state index < -0.39 is 27.8 Å². The second-order valence-corrected chi connectivity index (χ2v) is 18.7. The first kappa shape index (κ1) is 34.1. The van der Waals surface area contributed by atoms with Crippen LogP contribution in [0.4, 0.5) is 4.79 Å². The summed E-state index contributed by atoms with van der Waals surface area (Å²) in [6.45, 7) is 6.52. The Morgan fingerprint density at radius 1 is 1.09 bits per heavy atom. The second-order valence-electron chi connectivity index (χ2n) is 13.3. The molecule has 1 fully saturated rings. The van der Waals surface area contributed by atoms with E-state index in [0.29, 0.717) is 31.3 Å². The molecule has 1 aromatic carbocycles. The van der Waals surface area contributed by atoms with Crippen LogP contribution in [0.3, 0.4) is 0 Å². The highest BCUT2D eigenvalue weighted by Gasteiger charge is 2.27. The summed E-state index contributed by atoms with van der Waals surface area (Å²) in [6.07, 6.45) is 15.6. The topological polar surface area (TPSA) is 104 Å². The van der Waals surface area contributed by atoms with Crippen LogP contribution in [0.5, 0.6) is 11.5 Å². The summed E-state index contributed by atoms with van der Waals surface area (Å²) in [7, 11) is -0.613. The average Bonchev–Trinajstić information content (AvgIpc) is 3.27. The van der Waals surface area contributed by atoms with Gasteiger partial charge < -0.3 is 29.4 Å². The SMILES string of the molecule is CC(C)(C)OC(=O)N[C@@H](Cc1ccc(Oc2ccnc3c2c(Br)cn3COCCS(C)(C)C)cc1)C(=O)NC1CCCCC1. The molecule has 0 unspecified atom stereocenters. The van der Waals surface area contributed by atoms with Crippen molar-refractivity contribution in [2.75, 3.05) is 31.1 Å². The fourth-order valence-electron chi connectivity index (χ4n) is 5.06. The molecule has 3 aromatic rings. The van der Waals surface area contributed by atoms with Gasteiger partial charge in [0, 0.05) is 35.1 Å². The van der Waals surface area contributed by atoms with E-state index in [-0.39, 0.29) is 11.9 Å². The van der Waals surface area contributed by atoms with E-state index in [0.717, 1.165) is 52.5 Å². The predicted molar refractivity (Wildman–Crippen MR) is 182 cm³/mol. The lowest BCUT2D eigenvalue weighted by atomic mass is 9.95. The third-order valence-electron chi connectivity index (χ3n) is 7.29. The monoisotopic (exact) mass is 690 g/mol. The van der Waals surface area contributed by atoms with Crippen molar-refractivity contribution in [2.24, 2.45) is 0 Å². The molecule has 0 aliphatic heterocycles. The zero-order valence-corrected chi connectivity index (χ0v) is 29.2. The highest BCUT2D eigenvalue weighted by Crippen LogP contribution is 2.36. The summed E-state index contributed by atoms with van der Waals surface area (Å²) in [5.74, 6) is 2.17. The molecule has 1 atom stereocenters. The fraction of sp³-hybridized carbons (Fsp3) is 0.545. The van der Waals surface area contributed by atoms with Crippen molar-refractivity contribution < 1.29 is 23.8 Å². The molecule has 1 aliphatic carbocycles. The number of rotatable bonds is 12. The summed E-state index contributed by atoms with van der Waals surface area (Å²) in [6, 6.07) is 8.78. The number of hydrogen-bond acceptors (Lipinski definition) is 6. The van der Waals surface area contributed by atoms with E-state index in [2.05, 4.69) is 50.3 Å². The van der Waals surface area contributed by atoms with Crippen LogP contribution in [-0.2, 0) is 27.4 Å². The molecule has 0 bridgehead atoms. The number of pyridine rings is 1.